The number of aliphatic hydroxyl groups excluding tert-OH is 1. The number of fused-ring (bicyclic) bond motifs is 1. The van der Waals surface area contributed by atoms with Crippen LogP contribution in [0.2, 0.25) is 0 Å². The highest BCUT2D eigenvalue weighted by atomic mass is 16.3. The third-order valence-electron chi connectivity index (χ3n) is 3.27. The van der Waals surface area contributed by atoms with Crippen molar-refractivity contribution in [1.29, 1.82) is 0 Å². The summed E-state index contributed by atoms with van der Waals surface area (Å²) in [6.45, 7) is 2.01. The highest BCUT2D eigenvalue weighted by molar-refractivity contribution is 5.86. The number of rotatable bonds is 1. The first-order chi connectivity index (χ1) is 7.23. The van der Waals surface area contributed by atoms with Gasteiger partial charge in [-0.2, -0.15) is 5.10 Å². The molecule has 0 fully saturated rings. The van der Waals surface area contributed by atoms with E-state index in [2.05, 4.69) is 17.2 Å². The smallest absolute Gasteiger partial charge is 0.120 e. The quantitative estimate of drug-likeness (QED) is 0.745. The van der Waals surface area contributed by atoms with Crippen molar-refractivity contribution in [2.45, 2.75) is 18.6 Å². The van der Waals surface area contributed by atoms with E-state index in [1.807, 2.05) is 36.3 Å². The summed E-state index contributed by atoms with van der Waals surface area (Å²) >= 11 is 0. The van der Waals surface area contributed by atoms with Crippen LogP contribution in [0.15, 0.2) is 41.6 Å². The summed E-state index contributed by atoms with van der Waals surface area (Å²) in [6, 6.07) is 10.1. The van der Waals surface area contributed by atoms with Gasteiger partial charge in [0, 0.05) is 11.8 Å². The molecule has 1 N–H and O–H groups in total. The Hall–Kier alpha value is -1.61. The number of hydrogen-bond acceptors (Lipinski definition) is 3. The number of nitrogens with zero attached hydrogens (tertiary/aromatic N) is 2. The summed E-state index contributed by atoms with van der Waals surface area (Å²) in [6.07, 6.45) is 3.05. The lowest BCUT2D eigenvalue weighted by Crippen LogP contribution is -2.53. The Balaban J connectivity index is 2.03. The molecule has 0 aromatic heterocycles. The van der Waals surface area contributed by atoms with Gasteiger partial charge in [0.05, 0.1) is 6.21 Å². The summed E-state index contributed by atoms with van der Waals surface area (Å²) in [4.78, 5) is 0. The molecule has 2 aliphatic rings. The van der Waals surface area contributed by atoms with Gasteiger partial charge in [-0.1, -0.05) is 30.3 Å². The summed E-state index contributed by atoms with van der Waals surface area (Å²) in [5.41, 5.74) is 1.94. The van der Waals surface area contributed by atoms with E-state index in [0.29, 0.717) is 0 Å². The average Bonchev–Trinajstić information content (AvgIpc) is 2.46. The summed E-state index contributed by atoms with van der Waals surface area (Å²) in [7, 11) is 0. The van der Waals surface area contributed by atoms with E-state index in [0.717, 1.165) is 11.1 Å². The number of aliphatic hydroxyl groups is 1. The molecule has 0 spiro atoms. The van der Waals surface area contributed by atoms with Gasteiger partial charge in [-0.05, 0) is 12.5 Å². The Kier molecular flexibility index (Phi) is 1.56. The Morgan fingerprint density at radius 3 is 2.73 bits per heavy atom. The molecule has 1 aromatic carbocycles. The van der Waals surface area contributed by atoms with Crippen molar-refractivity contribution in [2.24, 2.45) is 5.10 Å². The van der Waals surface area contributed by atoms with Gasteiger partial charge in [-0.15, -0.1) is 0 Å². The van der Waals surface area contributed by atoms with Crippen molar-refractivity contribution in [1.82, 2.24) is 5.01 Å². The van der Waals surface area contributed by atoms with Crippen molar-refractivity contribution in [2.75, 3.05) is 0 Å². The molecule has 3 nitrogen and oxygen atoms in total. The first-order valence-electron chi connectivity index (χ1n) is 5.02. The fourth-order valence-electron chi connectivity index (χ4n) is 2.16. The molecule has 76 valence electrons. The van der Waals surface area contributed by atoms with E-state index in [9.17, 15) is 5.11 Å². The van der Waals surface area contributed by atoms with Crippen LogP contribution >= 0.6 is 0 Å². The minimum atomic E-state index is -0.516. The second kappa shape index (κ2) is 2.70. The van der Waals surface area contributed by atoms with E-state index in [1.165, 1.54) is 0 Å². The normalized spacial score (nSPS) is 32.3. The highest BCUT2D eigenvalue weighted by Gasteiger charge is 2.51. The molecule has 0 radical (unpaired) electrons. The minimum absolute atomic E-state index is 0.360. The fraction of sp³-hybridized carbons (Fsp3) is 0.250. The van der Waals surface area contributed by atoms with E-state index >= 15 is 0 Å². The topological polar surface area (TPSA) is 35.8 Å². The molecule has 1 aromatic rings. The monoisotopic (exact) mass is 200 g/mol. The van der Waals surface area contributed by atoms with Crippen molar-refractivity contribution in [3.63, 3.8) is 0 Å². The predicted octanol–water partition coefficient (Wildman–Crippen LogP) is 1.46. The van der Waals surface area contributed by atoms with E-state index in [4.69, 9.17) is 0 Å². The molecule has 2 aliphatic heterocycles. The summed E-state index contributed by atoms with van der Waals surface area (Å²) < 4.78 is 0. The van der Waals surface area contributed by atoms with Gasteiger partial charge in [-0.25, -0.2) is 0 Å². The van der Waals surface area contributed by atoms with Gasteiger partial charge in [0.15, 0.2) is 0 Å². The number of hydrazone groups is 1. The van der Waals surface area contributed by atoms with Crippen LogP contribution in [0.1, 0.15) is 12.5 Å². The Bertz CT molecular complexity index is 452. The molecule has 2 atom stereocenters. The zero-order valence-electron chi connectivity index (χ0n) is 8.46. The van der Waals surface area contributed by atoms with Crippen LogP contribution in [0.5, 0.6) is 0 Å². The van der Waals surface area contributed by atoms with E-state index in [-0.39, 0.29) is 5.54 Å². The van der Waals surface area contributed by atoms with Gasteiger partial charge in [0.25, 0.3) is 0 Å². The van der Waals surface area contributed by atoms with Crippen LogP contribution in [-0.4, -0.2) is 28.0 Å². The molecule has 0 saturated carbocycles. The number of benzene rings is 1. The SMILES string of the molecule is C[C@@]12C(c3ccccc3)=CN1N=C[C@@H]2O. The standard InChI is InChI=1S/C12H12N2O/c1-12-10(9-5-3-2-4-6-9)8-14(12)13-7-11(12)15/h2-8,11,15H,1H3/t11-,12-/m0/s1. The molecule has 0 unspecified atom stereocenters. The first-order valence-corrected chi connectivity index (χ1v) is 5.02. The molecule has 0 aliphatic carbocycles. The van der Waals surface area contributed by atoms with Gasteiger partial charge in [0.2, 0.25) is 0 Å². The van der Waals surface area contributed by atoms with Crippen molar-refractivity contribution < 1.29 is 5.11 Å². The maximum absolute atomic E-state index is 9.88. The Labute approximate surface area is 88.3 Å². The molecule has 0 saturated heterocycles. The second-order valence-electron chi connectivity index (χ2n) is 4.11. The van der Waals surface area contributed by atoms with E-state index < -0.39 is 6.10 Å². The zero-order valence-corrected chi connectivity index (χ0v) is 8.46. The lowest BCUT2D eigenvalue weighted by molar-refractivity contribution is 0.0961. The highest BCUT2D eigenvalue weighted by Crippen LogP contribution is 2.46. The predicted molar refractivity (Wildman–Crippen MR) is 59.2 cm³/mol. The molecular formula is C12H12N2O. The van der Waals surface area contributed by atoms with Gasteiger partial charge in [0.1, 0.15) is 11.6 Å². The lowest BCUT2D eigenvalue weighted by Gasteiger charge is -2.45. The molecular weight excluding hydrogens is 188 g/mol. The van der Waals surface area contributed by atoms with Gasteiger partial charge in [-0.3, -0.25) is 5.01 Å². The maximum Gasteiger partial charge on any atom is 0.120 e. The zero-order chi connectivity index (χ0) is 10.5. The summed E-state index contributed by atoms with van der Waals surface area (Å²) in [5.74, 6) is 0. The second-order valence-corrected chi connectivity index (χ2v) is 4.11. The largest absolute Gasteiger partial charge is 0.384 e. The van der Waals surface area contributed by atoms with E-state index in [1.54, 1.807) is 6.21 Å². The third-order valence-corrected chi connectivity index (χ3v) is 3.27. The van der Waals surface area contributed by atoms with Crippen LogP contribution in [-0.2, 0) is 0 Å². The van der Waals surface area contributed by atoms with Crippen LogP contribution in [0.25, 0.3) is 5.57 Å². The molecule has 0 amide bonds. The molecule has 3 heteroatoms. The van der Waals surface area contributed by atoms with Crippen LogP contribution < -0.4 is 0 Å². The molecule has 0 bridgehead atoms. The van der Waals surface area contributed by atoms with Crippen molar-refractivity contribution in [3.8, 4) is 0 Å². The number of hydrogen-bond donors (Lipinski definition) is 1. The maximum atomic E-state index is 9.88. The van der Waals surface area contributed by atoms with Crippen LogP contribution in [0.4, 0.5) is 0 Å². The van der Waals surface area contributed by atoms with Gasteiger partial charge >= 0.3 is 0 Å². The molecule has 15 heavy (non-hydrogen) atoms. The van der Waals surface area contributed by atoms with Crippen molar-refractivity contribution >= 4 is 11.8 Å². The molecule has 2 heterocycles. The van der Waals surface area contributed by atoms with Crippen LogP contribution in [0, 0.1) is 0 Å². The fourth-order valence-corrected chi connectivity index (χ4v) is 2.16. The minimum Gasteiger partial charge on any atom is -0.384 e. The van der Waals surface area contributed by atoms with Crippen LogP contribution in [0.3, 0.4) is 0 Å². The van der Waals surface area contributed by atoms with Gasteiger partial charge < -0.3 is 5.11 Å². The first kappa shape index (κ1) is 8.68. The Morgan fingerprint density at radius 1 is 1.33 bits per heavy atom. The lowest BCUT2D eigenvalue weighted by atomic mass is 9.78. The average molecular weight is 200 g/mol. The van der Waals surface area contributed by atoms with Crippen molar-refractivity contribution in [3.05, 3.63) is 42.1 Å². The summed E-state index contributed by atoms with van der Waals surface area (Å²) in [5, 5.41) is 15.8. The molecule has 3 rings (SSSR count). The Morgan fingerprint density at radius 2 is 2.07 bits per heavy atom. The third kappa shape index (κ3) is 0.957.